The van der Waals surface area contributed by atoms with E-state index in [-0.39, 0.29) is 17.4 Å². The Morgan fingerprint density at radius 1 is 1.09 bits per heavy atom. The molecule has 1 aliphatic carbocycles. The highest BCUT2D eigenvalue weighted by atomic mass is 32.2. The molecule has 2 aromatic rings. The molecule has 0 bridgehead atoms. The molecule has 0 saturated heterocycles. The maximum atomic E-state index is 12.3. The van der Waals surface area contributed by atoms with Crippen molar-refractivity contribution in [2.45, 2.75) is 30.7 Å². The molecule has 1 N–H and O–H groups in total. The van der Waals surface area contributed by atoms with Crippen molar-refractivity contribution in [1.29, 1.82) is 0 Å². The normalized spacial score (nSPS) is 16.4. The quantitative estimate of drug-likeness (QED) is 0.881. The summed E-state index contributed by atoms with van der Waals surface area (Å²) >= 11 is 0. The molecule has 0 radical (unpaired) electrons. The predicted octanol–water partition coefficient (Wildman–Crippen LogP) is 1.67. The van der Waals surface area contributed by atoms with Crippen LogP contribution in [0.1, 0.15) is 24.4 Å². The van der Waals surface area contributed by atoms with Gasteiger partial charge in [0, 0.05) is 18.8 Å². The molecule has 1 aromatic heterocycles. The first-order valence-electron chi connectivity index (χ1n) is 7.28. The van der Waals surface area contributed by atoms with Crippen LogP contribution in [0.5, 0.6) is 0 Å². The molecule has 0 spiro atoms. The fourth-order valence-corrected chi connectivity index (χ4v) is 3.93. The summed E-state index contributed by atoms with van der Waals surface area (Å²) in [6.45, 7) is 0.273. The molecule has 1 atom stereocenters. The van der Waals surface area contributed by atoms with Gasteiger partial charge in [0.15, 0.2) is 0 Å². The lowest BCUT2D eigenvalue weighted by Gasteiger charge is -2.20. The molecule has 0 amide bonds. The van der Waals surface area contributed by atoms with E-state index < -0.39 is 16.1 Å². The highest BCUT2D eigenvalue weighted by molar-refractivity contribution is 7.90. The van der Waals surface area contributed by atoms with E-state index in [1.165, 1.54) is 10.6 Å². The van der Waals surface area contributed by atoms with Crippen molar-refractivity contribution >= 4 is 10.0 Å². The van der Waals surface area contributed by atoms with Crippen LogP contribution in [0.15, 0.2) is 59.5 Å². The second-order valence-electron chi connectivity index (χ2n) is 5.52. The van der Waals surface area contributed by atoms with Crippen LogP contribution in [0.2, 0.25) is 0 Å². The molecule has 1 aromatic carbocycles. The third-order valence-electron chi connectivity index (χ3n) is 3.75. The van der Waals surface area contributed by atoms with Crippen LogP contribution in [0.4, 0.5) is 0 Å². The lowest BCUT2D eigenvalue weighted by molar-refractivity contribution is 0.502. The average molecular weight is 318 g/mol. The number of sulfonamides is 1. The van der Waals surface area contributed by atoms with Gasteiger partial charge in [-0.1, -0.05) is 36.4 Å². The molecule has 1 fully saturated rings. The molecule has 3 rings (SSSR count). The maximum absolute atomic E-state index is 12.3. The lowest BCUT2D eigenvalue weighted by atomic mass is 10.1. The molecular formula is C16H18N2O3S. The highest BCUT2D eigenvalue weighted by Crippen LogP contribution is 2.29. The Bertz CT molecular complexity index is 795. The summed E-state index contributed by atoms with van der Waals surface area (Å²) < 4.78 is 28.8. The fraction of sp³-hybridized carbons (Fsp3) is 0.312. The molecule has 1 saturated carbocycles. The second kappa shape index (κ2) is 6.06. The molecule has 0 unspecified atom stereocenters. The molecule has 22 heavy (non-hydrogen) atoms. The molecule has 1 aliphatic rings. The average Bonchev–Trinajstić information content (AvgIpc) is 3.35. The van der Waals surface area contributed by atoms with Gasteiger partial charge in [0.05, 0.1) is 11.3 Å². The maximum Gasteiger partial charge on any atom is 0.250 e. The van der Waals surface area contributed by atoms with Crippen LogP contribution in [0.25, 0.3) is 0 Å². The van der Waals surface area contributed by atoms with E-state index in [1.807, 2.05) is 30.3 Å². The van der Waals surface area contributed by atoms with Gasteiger partial charge in [-0.3, -0.25) is 4.79 Å². The first-order chi connectivity index (χ1) is 10.6. The summed E-state index contributed by atoms with van der Waals surface area (Å²) in [5, 5.41) is -0.286. The summed E-state index contributed by atoms with van der Waals surface area (Å²) in [6.07, 6.45) is 3.09. The van der Waals surface area contributed by atoms with Gasteiger partial charge in [-0.2, -0.15) is 0 Å². The molecule has 6 heteroatoms. The van der Waals surface area contributed by atoms with Crippen molar-refractivity contribution in [3.05, 3.63) is 70.6 Å². The van der Waals surface area contributed by atoms with Gasteiger partial charge in [-0.15, -0.1) is 0 Å². The van der Waals surface area contributed by atoms with Gasteiger partial charge >= 0.3 is 0 Å². The third kappa shape index (κ3) is 3.45. The van der Waals surface area contributed by atoms with E-state index in [4.69, 9.17) is 0 Å². The summed E-state index contributed by atoms with van der Waals surface area (Å²) in [5.41, 5.74) is 0.705. The number of hydrogen-bond acceptors (Lipinski definition) is 3. The van der Waals surface area contributed by atoms with Crippen LogP contribution in [0, 0.1) is 0 Å². The van der Waals surface area contributed by atoms with Crippen LogP contribution in [0.3, 0.4) is 0 Å². The standard InChI is InChI=1S/C16H18N2O3S/c19-16-8-4-5-11-18(16)12-15(13-6-2-1-3-7-13)17-22(20,21)14-9-10-14/h1-8,11,14-15,17H,9-10,12H2/t15-/m1/s1. The van der Waals surface area contributed by atoms with Gasteiger partial charge in [0.1, 0.15) is 0 Å². The topological polar surface area (TPSA) is 68.2 Å². The Labute approximate surface area is 129 Å². The Morgan fingerprint density at radius 3 is 2.41 bits per heavy atom. The minimum absolute atomic E-state index is 0.144. The summed E-state index contributed by atoms with van der Waals surface area (Å²) in [6, 6.07) is 13.8. The first-order valence-corrected chi connectivity index (χ1v) is 8.82. The Morgan fingerprint density at radius 2 is 1.77 bits per heavy atom. The molecule has 5 nitrogen and oxygen atoms in total. The number of nitrogens with zero attached hydrogens (tertiary/aromatic N) is 1. The largest absolute Gasteiger partial charge is 0.314 e. The summed E-state index contributed by atoms with van der Waals surface area (Å²) in [7, 11) is -3.33. The van der Waals surface area contributed by atoms with Crippen molar-refractivity contribution < 1.29 is 8.42 Å². The Kier molecular flexibility index (Phi) is 4.13. The zero-order valence-electron chi connectivity index (χ0n) is 12.1. The van der Waals surface area contributed by atoms with Crippen LogP contribution in [-0.4, -0.2) is 18.2 Å². The fourth-order valence-electron chi connectivity index (χ4n) is 2.38. The van der Waals surface area contributed by atoms with Crippen molar-refractivity contribution in [1.82, 2.24) is 9.29 Å². The van der Waals surface area contributed by atoms with E-state index in [9.17, 15) is 13.2 Å². The predicted molar refractivity (Wildman–Crippen MR) is 85.0 cm³/mol. The number of benzene rings is 1. The number of hydrogen-bond donors (Lipinski definition) is 1. The monoisotopic (exact) mass is 318 g/mol. The Hall–Kier alpha value is -1.92. The summed E-state index contributed by atoms with van der Waals surface area (Å²) in [5.74, 6) is 0. The molecule has 116 valence electrons. The molecule has 0 aliphatic heterocycles. The van der Waals surface area contributed by atoms with Crippen LogP contribution < -0.4 is 10.3 Å². The van der Waals surface area contributed by atoms with Gasteiger partial charge in [0.2, 0.25) is 10.0 Å². The number of aromatic nitrogens is 1. The van der Waals surface area contributed by atoms with Crippen molar-refractivity contribution in [2.75, 3.05) is 0 Å². The van der Waals surface area contributed by atoms with E-state index in [0.717, 1.165) is 5.56 Å². The van der Waals surface area contributed by atoms with Crippen molar-refractivity contribution in [2.24, 2.45) is 0 Å². The van der Waals surface area contributed by atoms with E-state index in [1.54, 1.807) is 18.3 Å². The zero-order chi connectivity index (χ0) is 15.6. The molecule has 1 heterocycles. The first kappa shape index (κ1) is 15.0. The minimum Gasteiger partial charge on any atom is -0.314 e. The van der Waals surface area contributed by atoms with Crippen LogP contribution >= 0.6 is 0 Å². The van der Waals surface area contributed by atoms with Gasteiger partial charge in [-0.05, 0) is 24.5 Å². The highest BCUT2D eigenvalue weighted by Gasteiger charge is 2.37. The van der Waals surface area contributed by atoms with Gasteiger partial charge < -0.3 is 4.57 Å². The van der Waals surface area contributed by atoms with E-state index in [2.05, 4.69) is 4.72 Å². The third-order valence-corrected chi connectivity index (χ3v) is 5.71. The zero-order valence-corrected chi connectivity index (χ0v) is 12.9. The van der Waals surface area contributed by atoms with Crippen molar-refractivity contribution in [3.8, 4) is 0 Å². The Balaban J connectivity index is 1.89. The second-order valence-corrected chi connectivity index (χ2v) is 7.51. The smallest absolute Gasteiger partial charge is 0.250 e. The van der Waals surface area contributed by atoms with E-state index in [0.29, 0.717) is 12.8 Å². The number of rotatable bonds is 6. The van der Waals surface area contributed by atoms with Gasteiger partial charge in [-0.25, -0.2) is 13.1 Å². The van der Waals surface area contributed by atoms with Crippen molar-refractivity contribution in [3.63, 3.8) is 0 Å². The number of nitrogens with one attached hydrogen (secondary N) is 1. The van der Waals surface area contributed by atoms with Gasteiger partial charge in [0.25, 0.3) is 5.56 Å². The summed E-state index contributed by atoms with van der Waals surface area (Å²) in [4.78, 5) is 11.9. The van der Waals surface area contributed by atoms with E-state index >= 15 is 0 Å². The number of pyridine rings is 1. The minimum atomic E-state index is -3.33. The lowest BCUT2D eigenvalue weighted by Crippen LogP contribution is -2.35. The van der Waals surface area contributed by atoms with Crippen LogP contribution in [-0.2, 0) is 16.6 Å². The molecular weight excluding hydrogens is 300 g/mol. The SMILES string of the molecule is O=c1ccccn1C[C@@H](NS(=O)(=O)C1CC1)c1ccccc1.